The minimum absolute atomic E-state index is 0.0317. The fourth-order valence-corrected chi connectivity index (χ4v) is 2.89. The fourth-order valence-electron chi connectivity index (χ4n) is 2.12. The molecule has 1 N–H and O–H groups in total. The van der Waals surface area contributed by atoms with Crippen LogP contribution in [0.15, 0.2) is 10.6 Å². The van der Waals surface area contributed by atoms with Gasteiger partial charge in [0.15, 0.2) is 0 Å². The molecule has 116 valence electrons. The minimum atomic E-state index is 0.0317. The number of anilines is 1. The van der Waals surface area contributed by atoms with Crippen LogP contribution in [0.1, 0.15) is 57.0 Å². The van der Waals surface area contributed by atoms with E-state index in [0.29, 0.717) is 18.4 Å². The standard InChI is InChI=1S/C14H18N6OS/c1-14(2,3)9-7-20-13(16-9)22-12(19-20)15-6-10-17-18-11(21-10)8-4-5-8/h7-8H,4-6H2,1-3H3,(H,15,19). The Labute approximate surface area is 131 Å². The second-order valence-electron chi connectivity index (χ2n) is 6.67. The Bertz CT molecular complexity index is 775. The first-order chi connectivity index (χ1) is 10.5. The van der Waals surface area contributed by atoms with Crippen LogP contribution >= 0.6 is 11.3 Å². The number of rotatable bonds is 4. The molecule has 0 aromatic carbocycles. The van der Waals surface area contributed by atoms with Crippen LogP contribution in [0, 0.1) is 0 Å². The third-order valence-electron chi connectivity index (χ3n) is 3.61. The van der Waals surface area contributed by atoms with Gasteiger partial charge in [0.2, 0.25) is 21.9 Å². The molecule has 3 aromatic rings. The topological polar surface area (TPSA) is 81.1 Å². The van der Waals surface area contributed by atoms with E-state index in [4.69, 9.17) is 4.42 Å². The number of nitrogens with zero attached hydrogens (tertiary/aromatic N) is 5. The first-order valence-corrected chi connectivity index (χ1v) is 8.23. The highest BCUT2D eigenvalue weighted by molar-refractivity contribution is 7.20. The Hall–Kier alpha value is -1.96. The monoisotopic (exact) mass is 318 g/mol. The number of aromatic nitrogens is 5. The molecule has 1 saturated carbocycles. The van der Waals surface area contributed by atoms with E-state index < -0.39 is 0 Å². The number of imidazole rings is 1. The van der Waals surface area contributed by atoms with Crippen LogP contribution < -0.4 is 5.32 Å². The maximum Gasteiger partial charge on any atom is 0.235 e. The van der Waals surface area contributed by atoms with Gasteiger partial charge >= 0.3 is 0 Å². The molecule has 0 spiro atoms. The van der Waals surface area contributed by atoms with Gasteiger partial charge in [0, 0.05) is 11.3 Å². The molecule has 0 radical (unpaired) electrons. The van der Waals surface area contributed by atoms with Gasteiger partial charge < -0.3 is 9.73 Å². The Balaban J connectivity index is 1.45. The van der Waals surface area contributed by atoms with Crippen LogP contribution in [-0.4, -0.2) is 24.8 Å². The van der Waals surface area contributed by atoms with Crippen molar-refractivity contribution >= 4 is 21.4 Å². The summed E-state index contributed by atoms with van der Waals surface area (Å²) in [4.78, 5) is 5.51. The van der Waals surface area contributed by atoms with E-state index in [1.807, 2.05) is 10.7 Å². The molecule has 3 aromatic heterocycles. The fraction of sp³-hybridized carbons (Fsp3) is 0.571. The Morgan fingerprint density at radius 1 is 1.36 bits per heavy atom. The molecule has 0 bridgehead atoms. The smallest absolute Gasteiger partial charge is 0.235 e. The predicted molar refractivity (Wildman–Crippen MR) is 83.2 cm³/mol. The number of fused-ring (bicyclic) bond motifs is 1. The van der Waals surface area contributed by atoms with Crippen molar-refractivity contribution in [3.63, 3.8) is 0 Å². The molecule has 3 heterocycles. The lowest BCUT2D eigenvalue weighted by atomic mass is 9.93. The van der Waals surface area contributed by atoms with Crippen molar-refractivity contribution < 1.29 is 4.42 Å². The zero-order valence-electron chi connectivity index (χ0n) is 12.8. The van der Waals surface area contributed by atoms with Crippen molar-refractivity contribution in [2.24, 2.45) is 0 Å². The van der Waals surface area contributed by atoms with Crippen LogP contribution in [0.4, 0.5) is 5.13 Å². The molecule has 7 nitrogen and oxygen atoms in total. The van der Waals surface area contributed by atoms with Crippen LogP contribution in [0.3, 0.4) is 0 Å². The van der Waals surface area contributed by atoms with Gasteiger partial charge in [-0.15, -0.1) is 15.3 Å². The summed E-state index contributed by atoms with van der Waals surface area (Å²) in [6.45, 7) is 6.92. The van der Waals surface area contributed by atoms with Crippen LogP contribution in [-0.2, 0) is 12.0 Å². The van der Waals surface area contributed by atoms with E-state index in [-0.39, 0.29) is 5.41 Å². The summed E-state index contributed by atoms with van der Waals surface area (Å²) < 4.78 is 7.43. The lowest BCUT2D eigenvalue weighted by molar-refractivity contribution is 0.457. The first kappa shape index (κ1) is 13.7. The SMILES string of the molecule is CC(C)(C)c1cn2nc(NCc3nnc(C4CC4)o3)sc2n1. The summed E-state index contributed by atoms with van der Waals surface area (Å²) in [5.41, 5.74) is 1.08. The third kappa shape index (κ3) is 2.58. The van der Waals surface area contributed by atoms with Gasteiger partial charge in [-0.05, 0) is 12.8 Å². The third-order valence-corrected chi connectivity index (χ3v) is 4.49. The molecule has 0 aliphatic heterocycles. The molecule has 1 fully saturated rings. The molecule has 4 rings (SSSR count). The Morgan fingerprint density at radius 3 is 2.86 bits per heavy atom. The predicted octanol–water partition coefficient (Wildman–Crippen LogP) is 2.96. The van der Waals surface area contributed by atoms with Crippen molar-refractivity contribution in [2.75, 3.05) is 5.32 Å². The molecular weight excluding hydrogens is 300 g/mol. The van der Waals surface area contributed by atoms with E-state index in [9.17, 15) is 0 Å². The van der Waals surface area contributed by atoms with Crippen LogP contribution in [0.5, 0.6) is 0 Å². The Kier molecular flexibility index (Phi) is 2.97. The molecule has 1 aliphatic rings. The lowest BCUT2D eigenvalue weighted by Crippen LogP contribution is -2.11. The van der Waals surface area contributed by atoms with E-state index >= 15 is 0 Å². The maximum atomic E-state index is 5.62. The zero-order valence-corrected chi connectivity index (χ0v) is 13.6. The highest BCUT2D eigenvalue weighted by Crippen LogP contribution is 2.39. The highest BCUT2D eigenvalue weighted by atomic mass is 32.1. The summed E-state index contributed by atoms with van der Waals surface area (Å²) in [5.74, 6) is 1.85. The molecule has 0 atom stereocenters. The minimum Gasteiger partial charge on any atom is -0.423 e. The van der Waals surface area contributed by atoms with Crippen LogP contribution in [0.2, 0.25) is 0 Å². The summed E-state index contributed by atoms with van der Waals surface area (Å²) >= 11 is 1.52. The summed E-state index contributed by atoms with van der Waals surface area (Å²) in [7, 11) is 0. The maximum absolute atomic E-state index is 5.62. The highest BCUT2D eigenvalue weighted by Gasteiger charge is 2.29. The second-order valence-corrected chi connectivity index (χ2v) is 7.63. The van der Waals surface area contributed by atoms with Crippen molar-refractivity contribution in [1.82, 2.24) is 24.8 Å². The van der Waals surface area contributed by atoms with Gasteiger partial charge in [0.25, 0.3) is 0 Å². The number of nitrogens with one attached hydrogen (secondary N) is 1. The summed E-state index contributed by atoms with van der Waals surface area (Å²) in [5, 5.41) is 16.6. The zero-order chi connectivity index (χ0) is 15.3. The van der Waals surface area contributed by atoms with Gasteiger partial charge in [-0.25, -0.2) is 9.50 Å². The number of hydrogen-bond donors (Lipinski definition) is 1. The van der Waals surface area contributed by atoms with Crippen molar-refractivity contribution in [3.8, 4) is 0 Å². The molecule has 8 heteroatoms. The van der Waals surface area contributed by atoms with E-state index in [0.717, 1.165) is 34.5 Å². The van der Waals surface area contributed by atoms with Crippen molar-refractivity contribution in [3.05, 3.63) is 23.7 Å². The molecule has 0 unspecified atom stereocenters. The van der Waals surface area contributed by atoms with Gasteiger partial charge in [-0.2, -0.15) is 0 Å². The number of hydrogen-bond acceptors (Lipinski definition) is 7. The Morgan fingerprint density at radius 2 is 2.18 bits per heavy atom. The average Bonchev–Trinajstić information content (AvgIpc) is 2.89. The molecule has 0 amide bonds. The normalized spacial score (nSPS) is 15.6. The molecular formula is C14H18N6OS. The van der Waals surface area contributed by atoms with E-state index in [1.165, 1.54) is 11.3 Å². The summed E-state index contributed by atoms with van der Waals surface area (Å²) in [6.07, 6.45) is 4.30. The van der Waals surface area contributed by atoms with E-state index in [2.05, 4.69) is 46.4 Å². The van der Waals surface area contributed by atoms with Crippen molar-refractivity contribution in [1.29, 1.82) is 0 Å². The van der Waals surface area contributed by atoms with Gasteiger partial charge in [-0.3, -0.25) is 0 Å². The quantitative estimate of drug-likeness (QED) is 0.796. The molecule has 0 saturated heterocycles. The summed E-state index contributed by atoms with van der Waals surface area (Å²) in [6, 6.07) is 0. The average molecular weight is 318 g/mol. The van der Waals surface area contributed by atoms with Gasteiger partial charge in [0.05, 0.1) is 18.4 Å². The molecule has 22 heavy (non-hydrogen) atoms. The van der Waals surface area contributed by atoms with Crippen LogP contribution in [0.25, 0.3) is 4.96 Å². The van der Waals surface area contributed by atoms with Crippen molar-refractivity contribution in [2.45, 2.75) is 51.5 Å². The molecule has 1 aliphatic carbocycles. The largest absolute Gasteiger partial charge is 0.423 e. The first-order valence-electron chi connectivity index (χ1n) is 7.42. The van der Waals surface area contributed by atoms with E-state index in [1.54, 1.807) is 0 Å². The lowest BCUT2D eigenvalue weighted by Gasteiger charge is -2.13. The second kappa shape index (κ2) is 4.77. The van der Waals surface area contributed by atoms with Gasteiger partial charge in [0.1, 0.15) is 0 Å². The van der Waals surface area contributed by atoms with Gasteiger partial charge in [-0.1, -0.05) is 32.1 Å².